The number of hydrogen-bond donors (Lipinski definition) is 0. The number of carbonyl (C=O) groups is 2. The molecule has 1 heterocycles. The zero-order valence-electron chi connectivity index (χ0n) is 13.0. The van der Waals surface area contributed by atoms with Crippen LogP contribution in [-0.4, -0.2) is 36.5 Å². The van der Waals surface area contributed by atoms with Gasteiger partial charge in [0.1, 0.15) is 0 Å². The van der Waals surface area contributed by atoms with E-state index < -0.39 is 11.9 Å². The first-order valence-electron chi connectivity index (χ1n) is 7.23. The number of carboxylic acids is 1. The third kappa shape index (κ3) is 3.69. The molecule has 120 valence electrons. The maximum atomic E-state index is 11.8. The van der Waals surface area contributed by atoms with Crippen molar-refractivity contribution in [1.82, 2.24) is 4.90 Å². The Hall–Kier alpha value is -2.24. The third-order valence-corrected chi connectivity index (χ3v) is 3.51. The topological polar surface area (TPSA) is 78.9 Å². The highest BCUT2D eigenvalue weighted by molar-refractivity contribution is 5.85. The summed E-state index contributed by atoms with van der Waals surface area (Å²) < 4.78 is 10.9. The molecule has 0 aromatic heterocycles. The van der Waals surface area contributed by atoms with Gasteiger partial charge in [0.25, 0.3) is 0 Å². The minimum atomic E-state index is -1.17. The number of ether oxygens (including phenoxy) is 2. The Morgan fingerprint density at radius 2 is 2.14 bits per heavy atom. The van der Waals surface area contributed by atoms with Crippen LogP contribution in [0.15, 0.2) is 18.2 Å². The number of carbonyl (C=O) groups excluding carboxylic acids is 2. The van der Waals surface area contributed by atoms with Crippen LogP contribution in [0.5, 0.6) is 11.5 Å². The fourth-order valence-electron chi connectivity index (χ4n) is 2.46. The molecule has 22 heavy (non-hydrogen) atoms. The fourth-order valence-corrected chi connectivity index (χ4v) is 2.46. The summed E-state index contributed by atoms with van der Waals surface area (Å²) in [5.41, 5.74) is 0.861. The minimum absolute atomic E-state index is 0.00795. The lowest BCUT2D eigenvalue weighted by atomic mass is 10.1. The second-order valence-corrected chi connectivity index (χ2v) is 5.65. The van der Waals surface area contributed by atoms with Gasteiger partial charge in [-0.3, -0.25) is 4.79 Å². The summed E-state index contributed by atoms with van der Waals surface area (Å²) in [5, 5.41) is 10.9. The Morgan fingerprint density at radius 1 is 1.41 bits per heavy atom. The molecule has 0 aliphatic carbocycles. The molecular formula is C16H20NO5-. The van der Waals surface area contributed by atoms with E-state index in [4.69, 9.17) is 9.47 Å². The summed E-state index contributed by atoms with van der Waals surface area (Å²) in [4.78, 5) is 24.2. The molecule has 1 aliphatic rings. The van der Waals surface area contributed by atoms with Crippen LogP contribution < -0.4 is 14.6 Å². The Balaban J connectivity index is 2.10. The summed E-state index contributed by atoms with van der Waals surface area (Å²) in [6.07, 6.45) is 0.0392. The Labute approximate surface area is 129 Å². The minimum Gasteiger partial charge on any atom is -0.550 e. The molecule has 0 bridgehead atoms. The van der Waals surface area contributed by atoms with Gasteiger partial charge in [0.2, 0.25) is 5.91 Å². The highest BCUT2D eigenvalue weighted by atomic mass is 16.5. The highest BCUT2D eigenvalue weighted by Gasteiger charge is 2.30. The zero-order chi connectivity index (χ0) is 16.3. The quantitative estimate of drug-likeness (QED) is 0.768. The number of rotatable bonds is 6. The average molecular weight is 306 g/mol. The lowest BCUT2D eigenvalue weighted by Crippen LogP contribution is -2.33. The monoisotopic (exact) mass is 306 g/mol. The zero-order valence-corrected chi connectivity index (χ0v) is 13.0. The second-order valence-electron chi connectivity index (χ2n) is 5.65. The third-order valence-electron chi connectivity index (χ3n) is 3.51. The Morgan fingerprint density at radius 3 is 2.68 bits per heavy atom. The first kappa shape index (κ1) is 16.1. The van der Waals surface area contributed by atoms with Crippen molar-refractivity contribution >= 4 is 11.9 Å². The molecule has 0 radical (unpaired) electrons. The molecule has 1 atom stereocenters. The van der Waals surface area contributed by atoms with Gasteiger partial charge >= 0.3 is 0 Å². The summed E-state index contributed by atoms with van der Waals surface area (Å²) in [7, 11) is 1.55. The number of hydrogen-bond acceptors (Lipinski definition) is 5. The number of aliphatic carboxylic acids is 1. The first-order valence-corrected chi connectivity index (χ1v) is 7.23. The highest BCUT2D eigenvalue weighted by Crippen LogP contribution is 2.30. The second kappa shape index (κ2) is 6.68. The molecule has 1 aliphatic heterocycles. The number of nitrogens with zero attached hydrogens (tertiary/aromatic N) is 1. The molecule has 0 N–H and O–H groups in total. The molecule has 6 nitrogen and oxygen atoms in total. The van der Waals surface area contributed by atoms with Crippen LogP contribution in [0, 0.1) is 5.92 Å². The average Bonchev–Trinajstić information content (AvgIpc) is 2.81. The van der Waals surface area contributed by atoms with Crippen molar-refractivity contribution in [3.63, 3.8) is 0 Å². The molecule has 2 rings (SSSR count). The van der Waals surface area contributed by atoms with Gasteiger partial charge in [0.05, 0.1) is 13.2 Å². The van der Waals surface area contributed by atoms with Crippen LogP contribution in [0.25, 0.3) is 0 Å². The van der Waals surface area contributed by atoms with Crippen LogP contribution in [0.3, 0.4) is 0 Å². The number of benzene rings is 1. The van der Waals surface area contributed by atoms with E-state index in [0.717, 1.165) is 5.56 Å². The summed E-state index contributed by atoms with van der Waals surface area (Å²) in [6, 6.07) is 5.45. The van der Waals surface area contributed by atoms with E-state index in [2.05, 4.69) is 0 Å². The summed E-state index contributed by atoms with van der Waals surface area (Å²) in [6.45, 7) is 4.39. The van der Waals surface area contributed by atoms with Crippen LogP contribution in [-0.2, 0) is 16.1 Å². The van der Waals surface area contributed by atoms with Gasteiger partial charge in [-0.25, -0.2) is 0 Å². The van der Waals surface area contributed by atoms with Crippen molar-refractivity contribution in [3.05, 3.63) is 23.8 Å². The van der Waals surface area contributed by atoms with Crippen molar-refractivity contribution in [2.24, 2.45) is 5.92 Å². The lowest BCUT2D eigenvalue weighted by Gasteiger charge is -2.19. The van der Waals surface area contributed by atoms with Crippen molar-refractivity contribution < 1.29 is 24.2 Å². The van der Waals surface area contributed by atoms with E-state index in [1.165, 1.54) is 4.90 Å². The Bertz CT molecular complexity index is 570. The van der Waals surface area contributed by atoms with E-state index in [9.17, 15) is 14.7 Å². The molecule has 1 aromatic carbocycles. The van der Waals surface area contributed by atoms with Gasteiger partial charge in [-0.15, -0.1) is 0 Å². The van der Waals surface area contributed by atoms with Gasteiger partial charge in [0, 0.05) is 31.4 Å². The summed E-state index contributed by atoms with van der Waals surface area (Å²) >= 11 is 0. The molecule has 1 saturated heterocycles. The lowest BCUT2D eigenvalue weighted by molar-refractivity contribution is -0.311. The molecule has 1 amide bonds. The van der Waals surface area contributed by atoms with Gasteiger partial charge in [-0.1, -0.05) is 6.07 Å². The standard InChI is InChI=1S/C16H21NO5/c1-10(2)22-13-5-4-11(6-14(13)21-3)8-17-9-12(16(19)20)7-15(17)18/h4-6,10,12H,7-9H2,1-3H3,(H,19,20)/p-1/t12-/m0/s1. The SMILES string of the molecule is COc1cc(CN2C[C@@H](C(=O)[O-])CC2=O)ccc1OC(C)C. The van der Waals surface area contributed by atoms with Gasteiger partial charge in [-0.2, -0.15) is 0 Å². The van der Waals surface area contributed by atoms with Crippen molar-refractivity contribution in [2.45, 2.75) is 32.9 Å². The van der Waals surface area contributed by atoms with Gasteiger partial charge in [-0.05, 0) is 31.5 Å². The first-order chi connectivity index (χ1) is 10.4. The van der Waals surface area contributed by atoms with E-state index >= 15 is 0 Å². The molecule has 6 heteroatoms. The van der Waals surface area contributed by atoms with E-state index in [1.54, 1.807) is 19.2 Å². The molecule has 0 unspecified atom stereocenters. The Kier molecular flexibility index (Phi) is 4.90. The maximum Gasteiger partial charge on any atom is 0.223 e. The number of methoxy groups -OCH3 is 1. The number of likely N-dealkylation sites (tertiary alicyclic amines) is 1. The van der Waals surface area contributed by atoms with Crippen LogP contribution in [0.2, 0.25) is 0 Å². The van der Waals surface area contributed by atoms with Gasteiger partial charge < -0.3 is 24.3 Å². The predicted molar refractivity (Wildman–Crippen MR) is 77.3 cm³/mol. The molecule has 1 aromatic rings. The van der Waals surface area contributed by atoms with Crippen molar-refractivity contribution in [1.29, 1.82) is 0 Å². The van der Waals surface area contributed by atoms with Crippen molar-refractivity contribution in [2.75, 3.05) is 13.7 Å². The molecular weight excluding hydrogens is 286 g/mol. The number of amides is 1. The van der Waals surface area contributed by atoms with Crippen LogP contribution >= 0.6 is 0 Å². The van der Waals surface area contributed by atoms with Crippen LogP contribution in [0.4, 0.5) is 0 Å². The fraction of sp³-hybridized carbons (Fsp3) is 0.500. The van der Waals surface area contributed by atoms with E-state index in [1.807, 2.05) is 19.9 Å². The van der Waals surface area contributed by atoms with E-state index in [0.29, 0.717) is 18.0 Å². The normalized spacial score (nSPS) is 17.9. The smallest absolute Gasteiger partial charge is 0.223 e. The molecule has 0 saturated carbocycles. The maximum absolute atomic E-state index is 11.8. The molecule has 0 spiro atoms. The van der Waals surface area contributed by atoms with Crippen molar-refractivity contribution in [3.8, 4) is 11.5 Å². The van der Waals surface area contributed by atoms with Crippen LogP contribution in [0.1, 0.15) is 25.8 Å². The predicted octanol–water partition coefficient (Wildman–Crippen LogP) is 0.581. The molecule has 1 fully saturated rings. The largest absolute Gasteiger partial charge is 0.550 e. The summed E-state index contributed by atoms with van der Waals surface area (Å²) in [5.74, 6) is -0.835. The van der Waals surface area contributed by atoms with E-state index in [-0.39, 0.29) is 25.0 Å². The van der Waals surface area contributed by atoms with Gasteiger partial charge in [0.15, 0.2) is 11.5 Å². The number of carboxylic acid groups (broad SMARTS) is 1.